The minimum atomic E-state index is 0.392. The van der Waals surface area contributed by atoms with Gasteiger partial charge in [-0.25, -0.2) is 0 Å². The third-order valence-electron chi connectivity index (χ3n) is 3.81. The summed E-state index contributed by atoms with van der Waals surface area (Å²) in [6, 6.07) is 1.44. The average Bonchev–Trinajstić information content (AvgIpc) is 2.47. The van der Waals surface area contributed by atoms with E-state index in [1.807, 2.05) is 0 Å². The number of nitrogens with one attached hydrogen (secondary N) is 1. The van der Waals surface area contributed by atoms with Crippen LogP contribution in [0, 0.1) is 10.8 Å². The van der Waals surface area contributed by atoms with Crippen LogP contribution in [0.15, 0.2) is 0 Å². The maximum Gasteiger partial charge on any atom is 0.00753 e. The van der Waals surface area contributed by atoms with E-state index in [9.17, 15) is 0 Å². The third kappa shape index (κ3) is 5.87. The van der Waals surface area contributed by atoms with Gasteiger partial charge in [0.1, 0.15) is 0 Å². The molecular weight excluding hydrogens is 208 g/mol. The van der Waals surface area contributed by atoms with Gasteiger partial charge in [0.15, 0.2) is 0 Å². The second-order valence-electron chi connectivity index (χ2n) is 7.81. The molecule has 1 aliphatic rings. The van der Waals surface area contributed by atoms with E-state index < -0.39 is 0 Å². The Morgan fingerprint density at radius 1 is 1.00 bits per heavy atom. The van der Waals surface area contributed by atoms with E-state index in [0.29, 0.717) is 16.9 Å². The first-order chi connectivity index (χ1) is 7.72. The van der Waals surface area contributed by atoms with Gasteiger partial charge in [-0.1, -0.05) is 34.6 Å². The van der Waals surface area contributed by atoms with Crippen LogP contribution in [-0.2, 0) is 0 Å². The minimum absolute atomic E-state index is 0.392. The summed E-state index contributed by atoms with van der Waals surface area (Å²) in [5.74, 6) is 0. The van der Waals surface area contributed by atoms with Crippen molar-refractivity contribution in [3.05, 3.63) is 0 Å². The lowest BCUT2D eigenvalue weighted by atomic mass is 9.82. The van der Waals surface area contributed by atoms with Gasteiger partial charge in [0.2, 0.25) is 0 Å². The molecule has 0 amide bonds. The number of nitrogens with two attached hydrogens (primary N) is 1. The van der Waals surface area contributed by atoms with Gasteiger partial charge in [0.05, 0.1) is 0 Å². The van der Waals surface area contributed by atoms with Crippen LogP contribution < -0.4 is 11.1 Å². The van der Waals surface area contributed by atoms with E-state index >= 15 is 0 Å². The maximum atomic E-state index is 5.68. The fraction of sp³-hybridized carbons (Fsp3) is 1.00. The monoisotopic (exact) mass is 240 g/mol. The number of hydrogen-bond donors (Lipinski definition) is 2. The Morgan fingerprint density at radius 3 is 2.00 bits per heavy atom. The second-order valence-corrected chi connectivity index (χ2v) is 7.81. The predicted octanol–water partition coefficient (Wildman–Crippen LogP) is 3.31. The lowest BCUT2D eigenvalue weighted by molar-refractivity contribution is 0.263. The summed E-state index contributed by atoms with van der Waals surface area (Å²) >= 11 is 0. The highest BCUT2D eigenvalue weighted by Gasteiger charge is 2.30. The average molecular weight is 240 g/mol. The van der Waals surface area contributed by atoms with Crippen molar-refractivity contribution in [1.82, 2.24) is 5.32 Å². The number of rotatable bonds is 5. The summed E-state index contributed by atoms with van der Waals surface area (Å²) < 4.78 is 0. The Hall–Kier alpha value is -0.0800. The topological polar surface area (TPSA) is 38.0 Å². The van der Waals surface area contributed by atoms with Gasteiger partial charge >= 0.3 is 0 Å². The van der Waals surface area contributed by atoms with Crippen molar-refractivity contribution in [2.45, 2.75) is 78.8 Å². The molecule has 0 bridgehead atoms. The van der Waals surface area contributed by atoms with Gasteiger partial charge in [-0.05, 0) is 49.5 Å². The SMILES string of the molecule is CC(C)(C)CC1CCC(CC(C)(C)CCN)N1. The molecule has 1 rings (SSSR count). The Kier molecular flexibility index (Phi) is 5.03. The molecule has 1 fully saturated rings. The van der Waals surface area contributed by atoms with E-state index in [1.54, 1.807) is 0 Å². The summed E-state index contributed by atoms with van der Waals surface area (Å²) in [5.41, 5.74) is 6.51. The molecule has 0 saturated carbocycles. The highest BCUT2D eigenvalue weighted by atomic mass is 15.0. The molecule has 1 aliphatic heterocycles. The van der Waals surface area contributed by atoms with Crippen molar-refractivity contribution in [1.29, 1.82) is 0 Å². The molecule has 0 radical (unpaired) electrons. The molecule has 0 aliphatic carbocycles. The van der Waals surface area contributed by atoms with Gasteiger partial charge in [-0.15, -0.1) is 0 Å². The van der Waals surface area contributed by atoms with E-state index in [-0.39, 0.29) is 0 Å². The van der Waals surface area contributed by atoms with Gasteiger partial charge in [0, 0.05) is 12.1 Å². The molecular formula is C15H32N2. The second kappa shape index (κ2) is 5.71. The molecule has 1 saturated heterocycles. The van der Waals surface area contributed by atoms with Crippen molar-refractivity contribution >= 4 is 0 Å². The Morgan fingerprint density at radius 2 is 1.53 bits per heavy atom. The molecule has 2 heteroatoms. The van der Waals surface area contributed by atoms with Crippen molar-refractivity contribution in [2.75, 3.05) is 6.54 Å². The molecule has 102 valence electrons. The molecule has 17 heavy (non-hydrogen) atoms. The molecule has 0 aromatic carbocycles. The third-order valence-corrected chi connectivity index (χ3v) is 3.81. The van der Waals surface area contributed by atoms with E-state index in [0.717, 1.165) is 19.0 Å². The van der Waals surface area contributed by atoms with E-state index in [2.05, 4.69) is 39.9 Å². The zero-order valence-corrected chi connectivity index (χ0v) is 12.5. The fourth-order valence-electron chi connectivity index (χ4n) is 3.12. The molecule has 0 aromatic heterocycles. The summed E-state index contributed by atoms with van der Waals surface area (Å²) in [6.45, 7) is 12.5. The van der Waals surface area contributed by atoms with Crippen LogP contribution in [0.2, 0.25) is 0 Å². The smallest absolute Gasteiger partial charge is 0.00753 e. The lowest BCUT2D eigenvalue weighted by Gasteiger charge is -2.29. The maximum absolute atomic E-state index is 5.68. The van der Waals surface area contributed by atoms with Gasteiger partial charge in [-0.3, -0.25) is 0 Å². The van der Waals surface area contributed by atoms with Crippen molar-refractivity contribution < 1.29 is 0 Å². The van der Waals surface area contributed by atoms with Crippen molar-refractivity contribution in [2.24, 2.45) is 16.6 Å². The van der Waals surface area contributed by atoms with Gasteiger partial charge < -0.3 is 11.1 Å². The van der Waals surface area contributed by atoms with Crippen LogP contribution in [0.5, 0.6) is 0 Å². The normalized spacial score (nSPS) is 26.5. The highest BCUT2D eigenvalue weighted by molar-refractivity contribution is 4.89. The zero-order valence-electron chi connectivity index (χ0n) is 12.5. The van der Waals surface area contributed by atoms with Crippen LogP contribution in [0.4, 0.5) is 0 Å². The molecule has 2 atom stereocenters. The van der Waals surface area contributed by atoms with Crippen LogP contribution >= 0.6 is 0 Å². The first-order valence-electron chi connectivity index (χ1n) is 7.18. The summed E-state index contributed by atoms with van der Waals surface area (Å²) in [7, 11) is 0. The summed E-state index contributed by atoms with van der Waals surface area (Å²) in [6.07, 6.45) is 6.39. The predicted molar refractivity (Wildman–Crippen MR) is 76.1 cm³/mol. The van der Waals surface area contributed by atoms with Gasteiger partial charge in [0.25, 0.3) is 0 Å². The van der Waals surface area contributed by atoms with Crippen molar-refractivity contribution in [3.63, 3.8) is 0 Å². The lowest BCUT2D eigenvalue weighted by Crippen LogP contribution is -2.35. The minimum Gasteiger partial charge on any atom is -0.330 e. The molecule has 2 unspecified atom stereocenters. The van der Waals surface area contributed by atoms with Crippen LogP contribution in [0.1, 0.15) is 66.7 Å². The van der Waals surface area contributed by atoms with Gasteiger partial charge in [-0.2, -0.15) is 0 Å². The molecule has 2 nitrogen and oxygen atoms in total. The highest BCUT2D eigenvalue weighted by Crippen LogP contribution is 2.32. The summed E-state index contributed by atoms with van der Waals surface area (Å²) in [5, 5.41) is 3.82. The standard InChI is InChI=1S/C15H32N2/c1-14(2,3)10-12-6-7-13(17-12)11-15(4,5)8-9-16/h12-13,17H,6-11,16H2,1-5H3. The quantitative estimate of drug-likeness (QED) is 0.774. The number of hydrogen-bond acceptors (Lipinski definition) is 2. The molecule has 3 N–H and O–H groups in total. The first-order valence-corrected chi connectivity index (χ1v) is 7.18. The van der Waals surface area contributed by atoms with Crippen LogP contribution in [0.3, 0.4) is 0 Å². The molecule has 0 spiro atoms. The largest absolute Gasteiger partial charge is 0.330 e. The van der Waals surface area contributed by atoms with Crippen LogP contribution in [-0.4, -0.2) is 18.6 Å². The Balaban J connectivity index is 2.35. The fourth-order valence-corrected chi connectivity index (χ4v) is 3.12. The first kappa shape index (κ1) is 15.0. The summed E-state index contributed by atoms with van der Waals surface area (Å²) in [4.78, 5) is 0. The van der Waals surface area contributed by atoms with E-state index in [4.69, 9.17) is 5.73 Å². The molecule has 0 aromatic rings. The Labute approximate surface area is 108 Å². The van der Waals surface area contributed by atoms with E-state index in [1.165, 1.54) is 25.7 Å². The van der Waals surface area contributed by atoms with Crippen LogP contribution in [0.25, 0.3) is 0 Å². The zero-order chi connectivity index (χ0) is 13.1. The molecule has 1 heterocycles. The Bertz CT molecular complexity index is 228. The van der Waals surface area contributed by atoms with Crippen molar-refractivity contribution in [3.8, 4) is 0 Å².